The predicted molar refractivity (Wildman–Crippen MR) is 102 cm³/mol. The summed E-state index contributed by atoms with van der Waals surface area (Å²) >= 11 is 3.34. The van der Waals surface area contributed by atoms with Crippen LogP contribution in [0.15, 0.2) is 53.0 Å². The van der Waals surface area contributed by atoms with Gasteiger partial charge in [0.1, 0.15) is 5.75 Å². The standard InChI is InChI=1S/C19H21BrN2O3/c1-2-3-12-21-19(24)14-4-8-16(9-5-14)22-18(23)13-25-17-10-6-15(20)7-11-17/h4-11H,2-3,12-13H2,1H3,(H,21,24)(H,22,23). The van der Waals surface area contributed by atoms with E-state index in [-0.39, 0.29) is 18.4 Å². The van der Waals surface area contributed by atoms with Crippen molar-refractivity contribution in [3.63, 3.8) is 0 Å². The second-order valence-corrected chi connectivity index (χ2v) is 6.39. The maximum absolute atomic E-state index is 11.9. The fraction of sp³-hybridized carbons (Fsp3) is 0.263. The van der Waals surface area contributed by atoms with Gasteiger partial charge in [-0.15, -0.1) is 0 Å². The van der Waals surface area contributed by atoms with Gasteiger partial charge in [0.15, 0.2) is 6.61 Å². The highest BCUT2D eigenvalue weighted by Gasteiger charge is 2.07. The number of hydrogen-bond acceptors (Lipinski definition) is 3. The third-order valence-electron chi connectivity index (χ3n) is 3.43. The average Bonchev–Trinajstić information content (AvgIpc) is 2.62. The van der Waals surface area contributed by atoms with Crippen LogP contribution in [0.25, 0.3) is 0 Å². The van der Waals surface area contributed by atoms with Gasteiger partial charge in [-0.25, -0.2) is 0 Å². The van der Waals surface area contributed by atoms with Crippen molar-refractivity contribution in [1.82, 2.24) is 5.32 Å². The number of carbonyl (C=O) groups excluding carboxylic acids is 2. The molecule has 2 N–H and O–H groups in total. The molecule has 2 amide bonds. The molecular weight excluding hydrogens is 384 g/mol. The maximum Gasteiger partial charge on any atom is 0.262 e. The van der Waals surface area contributed by atoms with Gasteiger partial charge in [0.25, 0.3) is 11.8 Å². The van der Waals surface area contributed by atoms with Crippen LogP contribution in [0.2, 0.25) is 0 Å². The smallest absolute Gasteiger partial charge is 0.262 e. The molecule has 0 bridgehead atoms. The molecule has 0 aliphatic heterocycles. The maximum atomic E-state index is 11.9. The SMILES string of the molecule is CCCCNC(=O)c1ccc(NC(=O)COc2ccc(Br)cc2)cc1. The highest BCUT2D eigenvalue weighted by atomic mass is 79.9. The minimum absolute atomic E-state index is 0.0825. The minimum atomic E-state index is -0.261. The van der Waals surface area contributed by atoms with E-state index in [9.17, 15) is 9.59 Å². The monoisotopic (exact) mass is 404 g/mol. The van der Waals surface area contributed by atoms with Gasteiger partial charge in [-0.05, 0) is 55.0 Å². The molecule has 0 aliphatic carbocycles. The molecule has 0 saturated carbocycles. The third-order valence-corrected chi connectivity index (χ3v) is 3.96. The Kier molecular flexibility index (Phi) is 7.47. The number of rotatable bonds is 8. The molecule has 0 aliphatic rings. The number of nitrogens with one attached hydrogen (secondary N) is 2. The van der Waals surface area contributed by atoms with Gasteiger partial charge in [0.05, 0.1) is 0 Å². The summed E-state index contributed by atoms with van der Waals surface area (Å²) in [4.78, 5) is 23.8. The van der Waals surface area contributed by atoms with Crippen LogP contribution >= 0.6 is 15.9 Å². The number of halogens is 1. The Morgan fingerprint density at radius 3 is 2.36 bits per heavy atom. The van der Waals surface area contributed by atoms with Crippen LogP contribution in [0, 0.1) is 0 Å². The predicted octanol–water partition coefficient (Wildman–Crippen LogP) is 4.00. The molecular formula is C19H21BrN2O3. The number of ether oxygens (including phenoxy) is 1. The summed E-state index contributed by atoms with van der Waals surface area (Å²) in [5.41, 5.74) is 1.19. The molecule has 0 saturated heterocycles. The lowest BCUT2D eigenvalue weighted by Gasteiger charge is -2.09. The van der Waals surface area contributed by atoms with Crippen LogP contribution in [0.4, 0.5) is 5.69 Å². The fourth-order valence-corrected chi connectivity index (χ4v) is 2.33. The van der Waals surface area contributed by atoms with Crippen LogP contribution < -0.4 is 15.4 Å². The molecule has 0 radical (unpaired) electrons. The number of amides is 2. The molecule has 0 heterocycles. The van der Waals surface area contributed by atoms with Gasteiger partial charge in [-0.3, -0.25) is 9.59 Å². The molecule has 0 fully saturated rings. The first kappa shape index (κ1) is 19.0. The lowest BCUT2D eigenvalue weighted by Crippen LogP contribution is -2.24. The van der Waals surface area contributed by atoms with Crippen LogP contribution in [0.3, 0.4) is 0 Å². The second kappa shape index (κ2) is 9.84. The van der Waals surface area contributed by atoms with E-state index < -0.39 is 0 Å². The summed E-state index contributed by atoms with van der Waals surface area (Å²) in [6.07, 6.45) is 1.99. The molecule has 0 unspecified atom stereocenters. The lowest BCUT2D eigenvalue weighted by atomic mass is 10.2. The second-order valence-electron chi connectivity index (χ2n) is 5.48. The van der Waals surface area contributed by atoms with Crippen molar-refractivity contribution in [3.05, 3.63) is 58.6 Å². The average molecular weight is 405 g/mol. The van der Waals surface area contributed by atoms with Gasteiger partial charge >= 0.3 is 0 Å². The van der Waals surface area contributed by atoms with Crippen molar-refractivity contribution >= 4 is 33.4 Å². The summed E-state index contributed by atoms with van der Waals surface area (Å²) in [6.45, 7) is 2.66. The van der Waals surface area contributed by atoms with Gasteiger partial charge in [0, 0.05) is 22.3 Å². The molecule has 2 aromatic carbocycles. The minimum Gasteiger partial charge on any atom is -0.484 e. The zero-order valence-corrected chi connectivity index (χ0v) is 15.6. The number of benzene rings is 2. The Balaban J connectivity index is 1.80. The quantitative estimate of drug-likeness (QED) is 0.653. The summed E-state index contributed by atoms with van der Waals surface area (Å²) < 4.78 is 6.36. The van der Waals surface area contributed by atoms with E-state index in [0.717, 1.165) is 17.3 Å². The van der Waals surface area contributed by atoms with Gasteiger partial charge in [-0.2, -0.15) is 0 Å². The van der Waals surface area contributed by atoms with Crippen LogP contribution in [0.5, 0.6) is 5.75 Å². The molecule has 5 nitrogen and oxygen atoms in total. The van der Waals surface area contributed by atoms with Crippen molar-refractivity contribution < 1.29 is 14.3 Å². The van der Waals surface area contributed by atoms with Gasteiger partial charge < -0.3 is 15.4 Å². The topological polar surface area (TPSA) is 67.4 Å². The van der Waals surface area contributed by atoms with Crippen molar-refractivity contribution in [3.8, 4) is 5.75 Å². The Bertz CT molecular complexity index is 700. The zero-order chi connectivity index (χ0) is 18.1. The normalized spacial score (nSPS) is 10.2. The Morgan fingerprint density at radius 2 is 1.72 bits per heavy atom. The fourth-order valence-electron chi connectivity index (χ4n) is 2.06. The van der Waals surface area contributed by atoms with Crippen molar-refractivity contribution in [1.29, 1.82) is 0 Å². The van der Waals surface area contributed by atoms with Crippen molar-refractivity contribution in [2.75, 3.05) is 18.5 Å². The molecule has 132 valence electrons. The Labute approximate surface area is 155 Å². The lowest BCUT2D eigenvalue weighted by molar-refractivity contribution is -0.118. The number of anilines is 1. The van der Waals surface area contributed by atoms with Crippen molar-refractivity contribution in [2.24, 2.45) is 0 Å². The summed E-state index contributed by atoms with van der Waals surface area (Å²) in [5.74, 6) is 0.255. The number of unbranched alkanes of at least 4 members (excludes halogenated alkanes) is 1. The van der Waals surface area contributed by atoms with E-state index in [2.05, 4.69) is 33.5 Å². The molecule has 2 aromatic rings. The molecule has 2 rings (SSSR count). The molecule has 0 spiro atoms. The van der Waals surface area contributed by atoms with E-state index in [1.165, 1.54) is 0 Å². The van der Waals surface area contributed by atoms with Crippen molar-refractivity contribution in [2.45, 2.75) is 19.8 Å². The largest absolute Gasteiger partial charge is 0.484 e. The first-order valence-electron chi connectivity index (χ1n) is 8.15. The van der Waals surface area contributed by atoms with Gasteiger partial charge in [-0.1, -0.05) is 29.3 Å². The number of hydrogen-bond donors (Lipinski definition) is 2. The molecule has 0 atom stereocenters. The first-order chi connectivity index (χ1) is 12.1. The summed E-state index contributed by atoms with van der Waals surface area (Å²) in [5, 5.41) is 5.59. The van der Waals surface area contributed by atoms with E-state index in [4.69, 9.17) is 4.74 Å². The van der Waals surface area contributed by atoms with E-state index in [1.54, 1.807) is 36.4 Å². The van der Waals surface area contributed by atoms with Crippen LogP contribution in [0.1, 0.15) is 30.1 Å². The third kappa shape index (κ3) is 6.58. The van der Waals surface area contributed by atoms with E-state index in [0.29, 0.717) is 23.5 Å². The van der Waals surface area contributed by atoms with E-state index >= 15 is 0 Å². The molecule has 0 aromatic heterocycles. The zero-order valence-electron chi connectivity index (χ0n) is 14.0. The van der Waals surface area contributed by atoms with E-state index in [1.807, 2.05) is 12.1 Å². The Morgan fingerprint density at radius 1 is 1.04 bits per heavy atom. The summed E-state index contributed by atoms with van der Waals surface area (Å²) in [7, 11) is 0. The summed E-state index contributed by atoms with van der Waals surface area (Å²) in [6, 6.07) is 14.0. The van der Waals surface area contributed by atoms with Gasteiger partial charge in [0.2, 0.25) is 0 Å². The first-order valence-corrected chi connectivity index (χ1v) is 8.94. The highest BCUT2D eigenvalue weighted by molar-refractivity contribution is 9.10. The van der Waals surface area contributed by atoms with Crippen LogP contribution in [-0.4, -0.2) is 25.0 Å². The molecule has 6 heteroatoms. The Hall–Kier alpha value is -2.34. The molecule has 25 heavy (non-hydrogen) atoms. The van der Waals surface area contributed by atoms with Crippen LogP contribution in [-0.2, 0) is 4.79 Å². The number of carbonyl (C=O) groups is 2. The highest BCUT2D eigenvalue weighted by Crippen LogP contribution is 2.16.